The number of carboxylic acids is 1. The average Bonchev–Trinajstić information content (AvgIpc) is 2.77. The van der Waals surface area contributed by atoms with E-state index in [0.717, 1.165) is 6.42 Å². The number of hydrogen-bond acceptors (Lipinski definition) is 3. The zero-order valence-corrected chi connectivity index (χ0v) is 13.3. The summed E-state index contributed by atoms with van der Waals surface area (Å²) in [5.41, 5.74) is 0.949. The molecule has 22 heavy (non-hydrogen) atoms. The maximum atomic E-state index is 12.0. The number of nitrogens with one attached hydrogen (secondary N) is 2. The first kappa shape index (κ1) is 16.4. The van der Waals surface area contributed by atoms with Gasteiger partial charge in [-0.15, -0.1) is 0 Å². The van der Waals surface area contributed by atoms with Gasteiger partial charge in [-0.3, -0.25) is 4.79 Å². The summed E-state index contributed by atoms with van der Waals surface area (Å²) in [4.78, 5) is 26.0. The van der Waals surface area contributed by atoms with Crippen LogP contribution in [-0.4, -0.2) is 23.4 Å². The van der Waals surface area contributed by atoms with E-state index in [1.165, 1.54) is 0 Å². The molecular formula is C16H18ClN2O3-. The molecule has 0 spiro atoms. The van der Waals surface area contributed by atoms with Gasteiger partial charge in [0.05, 0.1) is 18.1 Å². The summed E-state index contributed by atoms with van der Waals surface area (Å²) in [5.74, 6) is -1.06. The first-order valence-corrected chi connectivity index (χ1v) is 7.54. The fraction of sp³-hybridized carbons (Fsp3) is 0.375. The number of fused-ring (bicyclic) bond motifs is 1. The van der Waals surface area contributed by atoms with E-state index in [0.29, 0.717) is 34.0 Å². The van der Waals surface area contributed by atoms with Crippen LogP contribution in [-0.2, 0) is 11.2 Å². The molecule has 1 heterocycles. The van der Waals surface area contributed by atoms with Crippen LogP contribution in [0.3, 0.4) is 0 Å². The molecule has 0 unspecified atom stereocenters. The van der Waals surface area contributed by atoms with Crippen LogP contribution in [0.15, 0.2) is 18.2 Å². The predicted molar refractivity (Wildman–Crippen MR) is 83.8 cm³/mol. The summed E-state index contributed by atoms with van der Waals surface area (Å²) in [5, 5.41) is 15.2. The summed E-state index contributed by atoms with van der Waals surface area (Å²) < 4.78 is 0. The monoisotopic (exact) mass is 321 g/mol. The Morgan fingerprint density at radius 3 is 2.73 bits per heavy atom. The van der Waals surface area contributed by atoms with Gasteiger partial charge in [0.2, 0.25) is 5.91 Å². The molecule has 0 bridgehead atoms. The number of aromatic nitrogens is 1. The van der Waals surface area contributed by atoms with Gasteiger partial charge in [-0.25, -0.2) is 0 Å². The molecule has 1 aromatic carbocycles. The number of rotatable bonds is 6. The third-order valence-corrected chi connectivity index (χ3v) is 3.69. The smallest absolute Gasteiger partial charge is 0.224 e. The van der Waals surface area contributed by atoms with Crippen LogP contribution in [0.5, 0.6) is 0 Å². The summed E-state index contributed by atoms with van der Waals surface area (Å²) in [7, 11) is 0. The Hall–Kier alpha value is -2.01. The van der Waals surface area contributed by atoms with E-state index in [2.05, 4.69) is 24.1 Å². The molecule has 1 aromatic heterocycles. The van der Waals surface area contributed by atoms with Gasteiger partial charge in [0.1, 0.15) is 0 Å². The molecule has 2 N–H and O–H groups in total. The van der Waals surface area contributed by atoms with Crippen LogP contribution >= 0.6 is 11.6 Å². The SMILES string of the molecule is CC(C)CCNC(=O)Cc1c(C(=O)[O-])[nH]c2ccc(Cl)cc12. The number of carboxylic acid groups (broad SMARTS) is 1. The van der Waals surface area contributed by atoms with Gasteiger partial charge >= 0.3 is 0 Å². The van der Waals surface area contributed by atoms with E-state index in [-0.39, 0.29) is 18.0 Å². The Morgan fingerprint density at radius 1 is 1.36 bits per heavy atom. The molecule has 0 aliphatic heterocycles. The van der Waals surface area contributed by atoms with Gasteiger partial charge in [0.25, 0.3) is 0 Å². The number of hydrogen-bond donors (Lipinski definition) is 2. The van der Waals surface area contributed by atoms with E-state index in [4.69, 9.17) is 11.6 Å². The van der Waals surface area contributed by atoms with Gasteiger partial charge in [0.15, 0.2) is 0 Å². The molecule has 0 saturated carbocycles. The molecule has 0 aliphatic rings. The lowest BCUT2D eigenvalue weighted by Crippen LogP contribution is -2.29. The van der Waals surface area contributed by atoms with Crippen molar-refractivity contribution in [3.63, 3.8) is 0 Å². The molecule has 118 valence electrons. The van der Waals surface area contributed by atoms with E-state index >= 15 is 0 Å². The van der Waals surface area contributed by atoms with Crippen molar-refractivity contribution in [3.8, 4) is 0 Å². The molecule has 0 fully saturated rings. The van der Waals surface area contributed by atoms with Gasteiger partial charge in [0, 0.05) is 22.5 Å². The maximum absolute atomic E-state index is 12.0. The van der Waals surface area contributed by atoms with E-state index in [1.807, 2.05) is 0 Å². The first-order chi connectivity index (χ1) is 10.4. The summed E-state index contributed by atoms with van der Waals surface area (Å²) >= 11 is 5.96. The van der Waals surface area contributed by atoms with Crippen molar-refractivity contribution in [2.24, 2.45) is 5.92 Å². The topological polar surface area (TPSA) is 85.0 Å². The standard InChI is InChI=1S/C16H19ClN2O3/c1-9(2)5-6-18-14(20)8-12-11-7-10(17)3-4-13(11)19-15(12)16(21)22/h3-4,7,9,19H,5-6,8H2,1-2H3,(H,18,20)(H,21,22)/p-1. The van der Waals surface area contributed by atoms with Crippen LogP contribution in [0, 0.1) is 5.92 Å². The molecule has 2 rings (SSSR count). The number of carbonyl (C=O) groups excluding carboxylic acids is 2. The Labute approximate surface area is 133 Å². The fourth-order valence-corrected chi connectivity index (χ4v) is 2.47. The lowest BCUT2D eigenvalue weighted by molar-refractivity contribution is -0.255. The predicted octanol–water partition coefficient (Wildman–Crippen LogP) is 1.89. The zero-order chi connectivity index (χ0) is 16.3. The van der Waals surface area contributed by atoms with Gasteiger partial charge in [-0.2, -0.15) is 0 Å². The molecule has 6 heteroatoms. The summed E-state index contributed by atoms with van der Waals surface area (Å²) in [6, 6.07) is 4.99. The number of halogens is 1. The highest BCUT2D eigenvalue weighted by molar-refractivity contribution is 6.31. The van der Waals surface area contributed by atoms with Crippen LogP contribution in [0.4, 0.5) is 0 Å². The van der Waals surface area contributed by atoms with Crippen LogP contribution in [0.2, 0.25) is 5.02 Å². The van der Waals surface area contributed by atoms with Crippen molar-refractivity contribution < 1.29 is 14.7 Å². The zero-order valence-electron chi connectivity index (χ0n) is 12.5. The second-order valence-electron chi connectivity index (χ2n) is 5.67. The number of H-pyrrole nitrogens is 1. The molecule has 0 aliphatic carbocycles. The lowest BCUT2D eigenvalue weighted by atomic mass is 10.1. The van der Waals surface area contributed by atoms with Gasteiger partial charge < -0.3 is 20.2 Å². The first-order valence-electron chi connectivity index (χ1n) is 7.16. The highest BCUT2D eigenvalue weighted by atomic mass is 35.5. The summed E-state index contributed by atoms with van der Waals surface area (Å²) in [6.45, 7) is 4.71. The van der Waals surface area contributed by atoms with Crippen molar-refractivity contribution in [1.29, 1.82) is 0 Å². The third-order valence-electron chi connectivity index (χ3n) is 3.45. The molecular weight excluding hydrogens is 304 g/mol. The number of aromatic amines is 1. The van der Waals surface area contributed by atoms with Crippen LogP contribution in [0.1, 0.15) is 36.3 Å². The number of carbonyl (C=O) groups is 2. The van der Waals surface area contributed by atoms with E-state index in [9.17, 15) is 14.7 Å². The number of benzene rings is 1. The van der Waals surface area contributed by atoms with Crippen molar-refractivity contribution in [1.82, 2.24) is 10.3 Å². The second-order valence-corrected chi connectivity index (χ2v) is 6.10. The molecule has 2 aromatic rings. The minimum Gasteiger partial charge on any atom is -0.543 e. The summed E-state index contributed by atoms with van der Waals surface area (Å²) in [6.07, 6.45) is 0.848. The minimum atomic E-state index is -1.34. The molecule has 1 amide bonds. The van der Waals surface area contributed by atoms with Crippen molar-refractivity contribution in [2.75, 3.05) is 6.54 Å². The number of amides is 1. The number of aromatic carboxylic acids is 1. The second kappa shape index (κ2) is 6.83. The third kappa shape index (κ3) is 3.80. The van der Waals surface area contributed by atoms with Crippen LogP contribution < -0.4 is 10.4 Å². The van der Waals surface area contributed by atoms with Gasteiger partial charge in [-0.05, 0) is 36.1 Å². The molecule has 0 atom stereocenters. The maximum Gasteiger partial charge on any atom is 0.224 e. The Kier molecular flexibility index (Phi) is 5.08. The highest BCUT2D eigenvalue weighted by Crippen LogP contribution is 2.26. The van der Waals surface area contributed by atoms with Crippen molar-refractivity contribution >= 4 is 34.4 Å². The van der Waals surface area contributed by atoms with E-state index in [1.54, 1.807) is 18.2 Å². The van der Waals surface area contributed by atoms with Crippen LogP contribution in [0.25, 0.3) is 10.9 Å². The Balaban J connectivity index is 2.25. The fourth-order valence-electron chi connectivity index (χ4n) is 2.30. The molecule has 0 saturated heterocycles. The Morgan fingerprint density at radius 2 is 2.09 bits per heavy atom. The normalized spacial score (nSPS) is 11.1. The molecule has 0 radical (unpaired) electrons. The minimum absolute atomic E-state index is 0.0260. The van der Waals surface area contributed by atoms with Crippen molar-refractivity contribution in [2.45, 2.75) is 26.7 Å². The van der Waals surface area contributed by atoms with Gasteiger partial charge in [-0.1, -0.05) is 25.4 Å². The largest absolute Gasteiger partial charge is 0.543 e. The highest BCUT2D eigenvalue weighted by Gasteiger charge is 2.16. The van der Waals surface area contributed by atoms with Crippen molar-refractivity contribution in [3.05, 3.63) is 34.5 Å². The lowest BCUT2D eigenvalue weighted by Gasteiger charge is -2.08. The average molecular weight is 322 g/mol. The quantitative estimate of drug-likeness (QED) is 0.852. The van der Waals surface area contributed by atoms with E-state index < -0.39 is 5.97 Å². The Bertz CT molecular complexity index is 707. The molecule has 5 nitrogen and oxygen atoms in total.